The van der Waals surface area contributed by atoms with Gasteiger partial charge in [0.25, 0.3) is 5.91 Å². The zero-order valence-electron chi connectivity index (χ0n) is 13.7. The van der Waals surface area contributed by atoms with E-state index in [0.29, 0.717) is 0 Å². The molecule has 0 aromatic heterocycles. The largest absolute Gasteiger partial charge is 0.480 e. The summed E-state index contributed by atoms with van der Waals surface area (Å²) < 4.78 is 4.84. The molecule has 0 bridgehead atoms. The summed E-state index contributed by atoms with van der Waals surface area (Å²) >= 11 is 0. The lowest BCUT2D eigenvalue weighted by molar-refractivity contribution is -0.138. The third-order valence-electron chi connectivity index (χ3n) is 3.15. The first-order valence-electron chi connectivity index (χ1n) is 7.53. The monoisotopic (exact) mass is 350 g/mol. The number of carboxylic acids is 1. The minimum absolute atomic E-state index is 0.0235. The van der Waals surface area contributed by atoms with E-state index in [-0.39, 0.29) is 19.4 Å². The molecule has 4 N–H and O–H groups in total. The maximum Gasteiger partial charge on any atom is 0.437 e. The molecule has 3 amide bonds. The van der Waals surface area contributed by atoms with Gasteiger partial charge in [0.15, 0.2) is 0 Å². The third kappa shape index (κ3) is 7.93. The minimum Gasteiger partial charge on any atom is -0.480 e. The molecule has 9 heteroatoms. The van der Waals surface area contributed by atoms with E-state index in [1.807, 2.05) is 6.07 Å². The molecular weight excluding hydrogens is 330 g/mol. The molecule has 1 aromatic carbocycles. The van der Waals surface area contributed by atoms with Gasteiger partial charge in [-0.1, -0.05) is 30.3 Å². The summed E-state index contributed by atoms with van der Waals surface area (Å²) in [6, 6.07) is 6.66. The Labute approximate surface area is 144 Å². The Morgan fingerprint density at radius 1 is 1.24 bits per heavy atom. The Balaban J connectivity index is 2.31. The number of rotatable bonds is 8. The summed E-state index contributed by atoms with van der Waals surface area (Å²) in [4.78, 5) is 45.4. The predicted octanol–water partition coefficient (Wildman–Crippen LogP) is 0.151. The van der Waals surface area contributed by atoms with Crippen LogP contribution >= 0.6 is 0 Å². The van der Waals surface area contributed by atoms with Gasteiger partial charge in [-0.3, -0.25) is 14.4 Å². The fourth-order valence-electron chi connectivity index (χ4n) is 1.72. The van der Waals surface area contributed by atoms with Crippen LogP contribution in [0.25, 0.3) is 0 Å². The second-order valence-electron chi connectivity index (χ2n) is 5.26. The number of carbonyl (C=O) groups excluding carboxylic acids is 3. The molecule has 0 spiro atoms. The highest BCUT2D eigenvalue weighted by Crippen LogP contribution is 2.01. The van der Waals surface area contributed by atoms with Crippen molar-refractivity contribution in [3.8, 4) is 0 Å². The number of hydrogen-bond acceptors (Lipinski definition) is 6. The van der Waals surface area contributed by atoms with Gasteiger partial charge in [0.05, 0.1) is 0 Å². The van der Waals surface area contributed by atoms with Crippen molar-refractivity contribution in [2.45, 2.75) is 38.5 Å². The van der Waals surface area contributed by atoms with Crippen LogP contribution in [-0.4, -0.2) is 41.1 Å². The van der Waals surface area contributed by atoms with Crippen LogP contribution < -0.4 is 16.4 Å². The normalized spacial score (nSPS) is 12.6. The zero-order chi connectivity index (χ0) is 18.8. The van der Waals surface area contributed by atoms with Gasteiger partial charge in [-0.2, -0.15) is 0 Å². The summed E-state index contributed by atoms with van der Waals surface area (Å²) in [5, 5.41) is 14.2. The van der Waals surface area contributed by atoms with E-state index in [1.54, 1.807) is 24.3 Å². The van der Waals surface area contributed by atoms with Crippen molar-refractivity contribution in [1.29, 1.82) is 0 Å². The summed E-state index contributed by atoms with van der Waals surface area (Å²) in [6.45, 7) is 1.33. The molecule has 2 atom stereocenters. The molecule has 1 aromatic rings. The molecule has 9 nitrogen and oxygen atoms in total. The quantitative estimate of drug-likeness (QED) is 0.604. The third-order valence-corrected chi connectivity index (χ3v) is 3.15. The number of amides is 3. The lowest BCUT2D eigenvalue weighted by Crippen LogP contribution is -2.44. The topological polar surface area (TPSA) is 150 Å². The number of benzene rings is 1. The van der Waals surface area contributed by atoms with Crippen LogP contribution in [0.1, 0.15) is 25.3 Å². The van der Waals surface area contributed by atoms with Crippen LogP contribution in [-0.2, 0) is 25.7 Å². The minimum atomic E-state index is -1.21. The molecule has 1 radical (unpaired) electrons. The molecular formula is C16H20N3O6. The van der Waals surface area contributed by atoms with Crippen LogP contribution in [0.15, 0.2) is 30.3 Å². The average molecular weight is 350 g/mol. The Bertz CT molecular complexity index is 620. The number of ether oxygens (including phenoxy) is 1. The molecule has 0 fully saturated rings. The predicted molar refractivity (Wildman–Crippen MR) is 86.2 cm³/mol. The van der Waals surface area contributed by atoms with E-state index in [0.717, 1.165) is 5.56 Å². The van der Waals surface area contributed by atoms with Crippen molar-refractivity contribution >= 4 is 23.9 Å². The smallest absolute Gasteiger partial charge is 0.437 e. The highest BCUT2D eigenvalue weighted by atomic mass is 16.5. The Kier molecular flexibility index (Phi) is 8.07. The first-order valence-corrected chi connectivity index (χ1v) is 7.53. The Morgan fingerprint density at radius 2 is 1.88 bits per heavy atom. The maximum atomic E-state index is 11.7. The van der Waals surface area contributed by atoms with E-state index < -0.39 is 36.0 Å². The van der Waals surface area contributed by atoms with Gasteiger partial charge >= 0.3 is 12.1 Å². The van der Waals surface area contributed by atoms with Crippen LogP contribution in [0.4, 0.5) is 4.79 Å². The standard InChI is InChI=1S/C16H20N3O6/c1-10(18-13(20)8-7-12(17)15(22)23)14(21)19-16(24)25-9-11-5-3-2-4-6-11/h2-6,10,12H,7-9,17H2,1H3,(H,18,20)(H,22,23)/t10-,12-/m1/s1. The van der Waals surface area contributed by atoms with Gasteiger partial charge in [0, 0.05) is 6.42 Å². The maximum absolute atomic E-state index is 11.7. The second kappa shape index (κ2) is 10.0. The first-order chi connectivity index (χ1) is 11.8. The van der Waals surface area contributed by atoms with E-state index in [9.17, 15) is 19.2 Å². The van der Waals surface area contributed by atoms with Gasteiger partial charge in [-0.15, -0.1) is 5.32 Å². The highest BCUT2D eigenvalue weighted by Gasteiger charge is 2.21. The number of carbonyl (C=O) groups is 4. The van der Waals surface area contributed by atoms with Crippen molar-refractivity contribution in [3.05, 3.63) is 35.9 Å². The van der Waals surface area contributed by atoms with Crippen LogP contribution in [0, 0.1) is 0 Å². The summed E-state index contributed by atoms with van der Waals surface area (Å²) in [5.74, 6) is -2.65. The number of nitrogens with two attached hydrogens (primary N) is 1. The molecule has 0 aliphatic carbocycles. The van der Waals surface area contributed by atoms with Crippen LogP contribution in [0.2, 0.25) is 0 Å². The van der Waals surface area contributed by atoms with Gasteiger partial charge in [-0.05, 0) is 18.9 Å². The SMILES string of the molecule is C[C@@H](NC(=O)CC[C@@H](N)C(=O)O)C(=O)[N]C(=O)OCc1ccccc1. The van der Waals surface area contributed by atoms with Gasteiger partial charge in [0.2, 0.25) is 5.91 Å². The number of nitrogens with one attached hydrogen (secondary N) is 1. The fourth-order valence-corrected chi connectivity index (χ4v) is 1.72. The first kappa shape index (κ1) is 20.1. The van der Waals surface area contributed by atoms with E-state index in [1.165, 1.54) is 6.92 Å². The highest BCUT2D eigenvalue weighted by molar-refractivity contribution is 5.96. The van der Waals surface area contributed by atoms with E-state index >= 15 is 0 Å². The molecule has 0 unspecified atom stereocenters. The molecule has 1 rings (SSSR count). The molecule has 0 aliphatic rings. The molecule has 25 heavy (non-hydrogen) atoms. The lowest BCUT2D eigenvalue weighted by Gasteiger charge is -2.12. The Hall–Kier alpha value is -2.94. The summed E-state index contributed by atoms with van der Waals surface area (Å²) in [7, 11) is 0. The van der Waals surface area contributed by atoms with Crippen molar-refractivity contribution in [2.75, 3.05) is 0 Å². The van der Waals surface area contributed by atoms with Gasteiger partial charge in [0.1, 0.15) is 18.7 Å². The lowest BCUT2D eigenvalue weighted by atomic mass is 10.1. The molecule has 0 aliphatic heterocycles. The van der Waals surface area contributed by atoms with Crippen LogP contribution in [0.5, 0.6) is 0 Å². The van der Waals surface area contributed by atoms with E-state index in [2.05, 4.69) is 10.6 Å². The second-order valence-corrected chi connectivity index (χ2v) is 5.26. The molecule has 0 saturated carbocycles. The average Bonchev–Trinajstić information content (AvgIpc) is 2.58. The van der Waals surface area contributed by atoms with Crippen molar-refractivity contribution in [1.82, 2.24) is 10.6 Å². The van der Waals surface area contributed by atoms with Gasteiger partial charge < -0.3 is 20.9 Å². The number of carboxylic acid groups (broad SMARTS) is 1. The molecule has 135 valence electrons. The molecule has 0 heterocycles. The van der Waals surface area contributed by atoms with Crippen LogP contribution in [0.3, 0.4) is 0 Å². The van der Waals surface area contributed by atoms with Crippen molar-refractivity contribution in [3.63, 3.8) is 0 Å². The number of aliphatic carboxylic acids is 1. The van der Waals surface area contributed by atoms with E-state index in [4.69, 9.17) is 15.6 Å². The zero-order valence-corrected chi connectivity index (χ0v) is 13.7. The molecule has 0 saturated heterocycles. The van der Waals surface area contributed by atoms with Gasteiger partial charge in [-0.25, -0.2) is 4.79 Å². The summed E-state index contributed by atoms with van der Waals surface area (Å²) in [6.07, 6.45) is -1.29. The van der Waals surface area contributed by atoms with Crippen molar-refractivity contribution in [2.24, 2.45) is 5.73 Å². The number of imide groups is 1. The number of hydrogen-bond donors (Lipinski definition) is 3. The Morgan fingerprint density at radius 3 is 2.48 bits per heavy atom. The number of nitrogens with zero attached hydrogens (tertiary/aromatic N) is 1. The summed E-state index contributed by atoms with van der Waals surface area (Å²) in [5.41, 5.74) is 6.02. The van der Waals surface area contributed by atoms with Crippen molar-refractivity contribution < 1.29 is 29.0 Å². The fraction of sp³-hybridized carbons (Fsp3) is 0.375.